The summed E-state index contributed by atoms with van der Waals surface area (Å²) in [4.78, 5) is 17.1. The highest BCUT2D eigenvalue weighted by molar-refractivity contribution is 5.80. The molecule has 29 heavy (non-hydrogen) atoms. The molecule has 2 saturated heterocycles. The summed E-state index contributed by atoms with van der Waals surface area (Å²) in [6.45, 7) is 10.4. The maximum atomic E-state index is 4.98. The third kappa shape index (κ3) is 5.30. The van der Waals surface area contributed by atoms with Gasteiger partial charge < -0.3 is 15.1 Å². The molecule has 0 bridgehead atoms. The summed E-state index contributed by atoms with van der Waals surface area (Å²) in [6, 6.07) is 4.99. The molecule has 6 nitrogen and oxygen atoms in total. The fourth-order valence-corrected chi connectivity index (χ4v) is 4.65. The van der Waals surface area contributed by atoms with E-state index in [4.69, 9.17) is 4.99 Å². The molecular weight excluding hydrogens is 360 g/mol. The van der Waals surface area contributed by atoms with Crippen LogP contribution in [0.25, 0.3) is 0 Å². The van der Waals surface area contributed by atoms with Gasteiger partial charge in [-0.3, -0.25) is 4.90 Å². The van der Waals surface area contributed by atoms with Gasteiger partial charge in [-0.05, 0) is 43.9 Å². The summed E-state index contributed by atoms with van der Waals surface area (Å²) in [6.07, 6.45) is 13.0. The third-order valence-electron chi connectivity index (χ3n) is 6.31. The summed E-state index contributed by atoms with van der Waals surface area (Å²) < 4.78 is 0. The molecule has 3 aliphatic heterocycles. The number of likely N-dealkylation sites (tertiary alicyclic amines) is 1. The van der Waals surface area contributed by atoms with Gasteiger partial charge in [-0.25, -0.2) is 9.98 Å². The molecule has 0 aliphatic carbocycles. The van der Waals surface area contributed by atoms with E-state index < -0.39 is 0 Å². The second-order valence-corrected chi connectivity index (χ2v) is 8.41. The summed E-state index contributed by atoms with van der Waals surface area (Å²) in [7, 11) is 0. The standard InChI is InChI=1S/C23H36N6/c1-2-24-23(29-16-10-21(19-29)27-12-7-8-13-27)26-18-20-9-11-25-22(17-20)28-14-5-3-4-6-15-28/h7-9,11,17,21H,2-6,10,12-16,18-19H2,1H3,(H,24,26). The van der Waals surface area contributed by atoms with E-state index in [1.165, 1.54) is 37.7 Å². The SMILES string of the molecule is CCNC(=NCc1ccnc(N2CCCCCC2)c1)N1CCC(N2CC=CC2)C1. The lowest BCUT2D eigenvalue weighted by molar-refractivity contribution is 0.259. The molecule has 0 saturated carbocycles. The van der Waals surface area contributed by atoms with E-state index in [0.29, 0.717) is 12.6 Å². The van der Waals surface area contributed by atoms with Crippen molar-refractivity contribution >= 4 is 11.8 Å². The van der Waals surface area contributed by atoms with Gasteiger partial charge in [0.2, 0.25) is 0 Å². The Morgan fingerprint density at radius 2 is 1.93 bits per heavy atom. The average Bonchev–Trinajstić information content (AvgIpc) is 3.38. The first-order valence-corrected chi connectivity index (χ1v) is 11.5. The Kier molecular flexibility index (Phi) is 7.04. The van der Waals surface area contributed by atoms with E-state index in [1.807, 2.05) is 6.20 Å². The van der Waals surface area contributed by atoms with Crippen molar-refractivity contribution in [1.29, 1.82) is 0 Å². The topological polar surface area (TPSA) is 47.0 Å². The summed E-state index contributed by atoms with van der Waals surface area (Å²) in [5.74, 6) is 2.17. The number of hydrogen-bond acceptors (Lipinski definition) is 4. The van der Waals surface area contributed by atoms with Crippen LogP contribution in [0, 0.1) is 0 Å². The van der Waals surface area contributed by atoms with Crippen LogP contribution in [0.5, 0.6) is 0 Å². The molecule has 158 valence electrons. The van der Waals surface area contributed by atoms with Crippen molar-refractivity contribution in [3.8, 4) is 0 Å². The van der Waals surface area contributed by atoms with Crippen LogP contribution in [-0.4, -0.2) is 72.6 Å². The molecule has 0 amide bonds. The molecule has 4 heterocycles. The van der Waals surface area contributed by atoms with Crippen LogP contribution in [0.3, 0.4) is 0 Å². The molecule has 6 heteroatoms. The maximum absolute atomic E-state index is 4.98. The molecule has 4 rings (SSSR count). The minimum atomic E-state index is 0.643. The molecule has 1 N–H and O–H groups in total. The smallest absolute Gasteiger partial charge is 0.194 e. The largest absolute Gasteiger partial charge is 0.357 e. The van der Waals surface area contributed by atoms with Gasteiger partial charge in [0.05, 0.1) is 6.54 Å². The summed E-state index contributed by atoms with van der Waals surface area (Å²) in [5.41, 5.74) is 1.24. The number of guanidine groups is 1. The van der Waals surface area contributed by atoms with E-state index in [-0.39, 0.29) is 0 Å². The normalized spacial score (nSPS) is 23.6. The third-order valence-corrected chi connectivity index (χ3v) is 6.31. The lowest BCUT2D eigenvalue weighted by Gasteiger charge is -2.25. The number of rotatable bonds is 5. The first kappa shape index (κ1) is 20.2. The number of aliphatic imine (C=N–C) groups is 1. The van der Waals surface area contributed by atoms with Gasteiger partial charge in [0, 0.05) is 58.1 Å². The maximum Gasteiger partial charge on any atom is 0.194 e. The fourth-order valence-electron chi connectivity index (χ4n) is 4.65. The number of nitrogens with zero attached hydrogens (tertiary/aromatic N) is 5. The Balaban J connectivity index is 1.39. The van der Waals surface area contributed by atoms with E-state index in [0.717, 1.165) is 57.6 Å². The van der Waals surface area contributed by atoms with E-state index in [2.05, 4.69) is 56.2 Å². The molecule has 0 spiro atoms. The molecule has 0 aromatic carbocycles. The van der Waals surface area contributed by atoms with Crippen LogP contribution in [0.2, 0.25) is 0 Å². The van der Waals surface area contributed by atoms with Crippen molar-refractivity contribution in [2.24, 2.45) is 4.99 Å². The molecular formula is C23H36N6. The van der Waals surface area contributed by atoms with Gasteiger partial charge in [0.15, 0.2) is 5.96 Å². The van der Waals surface area contributed by atoms with Crippen molar-refractivity contribution in [2.75, 3.05) is 50.7 Å². The molecule has 1 atom stereocenters. The monoisotopic (exact) mass is 396 g/mol. The van der Waals surface area contributed by atoms with Crippen molar-refractivity contribution in [3.63, 3.8) is 0 Å². The number of aromatic nitrogens is 1. The predicted octanol–water partition coefficient (Wildman–Crippen LogP) is 2.87. The molecule has 1 unspecified atom stereocenters. The van der Waals surface area contributed by atoms with Crippen LogP contribution < -0.4 is 10.2 Å². The van der Waals surface area contributed by atoms with Gasteiger partial charge in [0.1, 0.15) is 5.82 Å². The lowest BCUT2D eigenvalue weighted by Crippen LogP contribution is -2.42. The molecule has 1 aromatic rings. The van der Waals surface area contributed by atoms with Crippen LogP contribution in [0.15, 0.2) is 35.5 Å². The number of anilines is 1. The van der Waals surface area contributed by atoms with Crippen LogP contribution in [0.1, 0.15) is 44.6 Å². The lowest BCUT2D eigenvalue weighted by atomic mass is 10.2. The zero-order valence-electron chi connectivity index (χ0n) is 17.9. The Morgan fingerprint density at radius 3 is 2.69 bits per heavy atom. The van der Waals surface area contributed by atoms with Gasteiger partial charge in [-0.15, -0.1) is 0 Å². The van der Waals surface area contributed by atoms with E-state index >= 15 is 0 Å². The molecule has 1 aromatic heterocycles. The first-order chi connectivity index (χ1) is 14.3. The van der Waals surface area contributed by atoms with Crippen LogP contribution in [0.4, 0.5) is 5.82 Å². The second kappa shape index (κ2) is 10.1. The Labute approximate surface area is 175 Å². The van der Waals surface area contributed by atoms with Crippen molar-refractivity contribution in [1.82, 2.24) is 20.1 Å². The Morgan fingerprint density at radius 1 is 1.14 bits per heavy atom. The minimum absolute atomic E-state index is 0.643. The summed E-state index contributed by atoms with van der Waals surface area (Å²) in [5, 5.41) is 3.51. The Bertz CT molecular complexity index is 699. The van der Waals surface area contributed by atoms with Crippen molar-refractivity contribution in [2.45, 2.75) is 51.6 Å². The van der Waals surface area contributed by atoms with Gasteiger partial charge in [-0.1, -0.05) is 25.0 Å². The summed E-state index contributed by atoms with van der Waals surface area (Å²) >= 11 is 0. The van der Waals surface area contributed by atoms with Gasteiger partial charge in [-0.2, -0.15) is 0 Å². The number of pyridine rings is 1. The van der Waals surface area contributed by atoms with Crippen molar-refractivity contribution in [3.05, 3.63) is 36.0 Å². The molecule has 0 radical (unpaired) electrons. The fraction of sp³-hybridized carbons (Fsp3) is 0.652. The number of hydrogen-bond donors (Lipinski definition) is 1. The van der Waals surface area contributed by atoms with Crippen molar-refractivity contribution < 1.29 is 0 Å². The predicted molar refractivity (Wildman–Crippen MR) is 120 cm³/mol. The van der Waals surface area contributed by atoms with Gasteiger partial charge >= 0.3 is 0 Å². The Hall–Kier alpha value is -2.08. The van der Waals surface area contributed by atoms with Crippen LogP contribution >= 0.6 is 0 Å². The van der Waals surface area contributed by atoms with E-state index in [1.54, 1.807) is 0 Å². The molecule has 3 aliphatic rings. The highest BCUT2D eigenvalue weighted by Crippen LogP contribution is 2.20. The quantitative estimate of drug-likeness (QED) is 0.471. The number of nitrogens with one attached hydrogen (secondary N) is 1. The van der Waals surface area contributed by atoms with E-state index in [9.17, 15) is 0 Å². The zero-order valence-corrected chi connectivity index (χ0v) is 17.9. The second-order valence-electron chi connectivity index (χ2n) is 8.41. The molecule has 2 fully saturated rings. The first-order valence-electron chi connectivity index (χ1n) is 11.5. The highest BCUT2D eigenvalue weighted by Gasteiger charge is 2.29. The zero-order chi connectivity index (χ0) is 19.9. The highest BCUT2D eigenvalue weighted by atomic mass is 15.3. The van der Waals surface area contributed by atoms with Crippen LogP contribution in [-0.2, 0) is 6.54 Å². The van der Waals surface area contributed by atoms with Gasteiger partial charge in [0.25, 0.3) is 0 Å². The average molecular weight is 397 g/mol. The minimum Gasteiger partial charge on any atom is -0.357 e.